The van der Waals surface area contributed by atoms with Crippen LogP contribution in [0.4, 0.5) is 13.2 Å². The molecular formula is C22H16F3N3O2. The van der Waals surface area contributed by atoms with Crippen LogP contribution in [0.1, 0.15) is 16.9 Å². The van der Waals surface area contributed by atoms with Gasteiger partial charge >= 0.3 is 6.18 Å². The summed E-state index contributed by atoms with van der Waals surface area (Å²) in [5.41, 5.74) is 2.13. The van der Waals surface area contributed by atoms with E-state index < -0.39 is 11.7 Å². The summed E-state index contributed by atoms with van der Waals surface area (Å²) in [6, 6.07) is 10.8. The van der Waals surface area contributed by atoms with Crippen LogP contribution < -0.4 is 10.9 Å². The van der Waals surface area contributed by atoms with E-state index in [0.717, 1.165) is 54.1 Å². The molecule has 0 radical (unpaired) electrons. The number of fused-ring (bicyclic) bond motifs is 3. The molecule has 8 heteroatoms. The summed E-state index contributed by atoms with van der Waals surface area (Å²) in [5, 5.41) is 4.35. The van der Waals surface area contributed by atoms with Crippen LogP contribution in [-0.4, -0.2) is 16.1 Å². The van der Waals surface area contributed by atoms with Gasteiger partial charge in [-0.15, -0.1) is 0 Å². The maximum Gasteiger partial charge on any atom is 0.417 e. The minimum Gasteiger partial charge on any atom is -0.461 e. The third-order valence-corrected chi connectivity index (χ3v) is 5.27. The zero-order valence-corrected chi connectivity index (χ0v) is 15.7. The number of nitrogens with one attached hydrogen (secondary N) is 1. The molecule has 0 bridgehead atoms. The number of nitrogens with zero attached hydrogens (tertiary/aromatic N) is 2. The van der Waals surface area contributed by atoms with Crippen LogP contribution in [0.2, 0.25) is 0 Å². The van der Waals surface area contributed by atoms with Crippen LogP contribution in [-0.2, 0) is 19.1 Å². The van der Waals surface area contributed by atoms with E-state index >= 15 is 0 Å². The van der Waals surface area contributed by atoms with E-state index in [1.54, 1.807) is 12.3 Å². The molecule has 5 rings (SSSR count). The third kappa shape index (κ3) is 3.19. The normalized spacial score (nSPS) is 14.1. The fourth-order valence-corrected chi connectivity index (χ4v) is 3.73. The summed E-state index contributed by atoms with van der Waals surface area (Å²) >= 11 is 0. The van der Waals surface area contributed by atoms with Crippen molar-refractivity contribution in [3.63, 3.8) is 0 Å². The Morgan fingerprint density at radius 2 is 1.97 bits per heavy atom. The van der Waals surface area contributed by atoms with Crippen molar-refractivity contribution < 1.29 is 17.6 Å². The molecule has 30 heavy (non-hydrogen) atoms. The van der Waals surface area contributed by atoms with Gasteiger partial charge in [0.05, 0.1) is 16.9 Å². The molecule has 0 atom stereocenters. The highest BCUT2D eigenvalue weighted by atomic mass is 19.4. The van der Waals surface area contributed by atoms with Gasteiger partial charge in [-0.05, 0) is 30.3 Å². The standard InChI is InChI=1S/C22H16F3N3O2/c23-22(24,25)14-1-4-18(27-11-14)13-6-8-28(21(29)9-13)15-2-3-16-17-12-26-7-5-19(17)30-20(16)10-15/h1-4,6,8-11,26H,5,7,12H2. The number of hydrogen-bond donors (Lipinski definition) is 1. The minimum absolute atomic E-state index is 0.300. The second-order valence-electron chi connectivity index (χ2n) is 7.16. The summed E-state index contributed by atoms with van der Waals surface area (Å²) in [7, 11) is 0. The van der Waals surface area contributed by atoms with Gasteiger partial charge in [0.1, 0.15) is 11.3 Å². The Hall–Kier alpha value is -3.39. The lowest BCUT2D eigenvalue weighted by atomic mass is 10.1. The maximum absolute atomic E-state index is 12.7. The molecule has 0 saturated carbocycles. The molecule has 5 nitrogen and oxygen atoms in total. The van der Waals surface area contributed by atoms with E-state index in [1.165, 1.54) is 16.7 Å². The summed E-state index contributed by atoms with van der Waals surface area (Å²) in [5.74, 6) is 0.969. The second-order valence-corrected chi connectivity index (χ2v) is 7.16. The first-order valence-electron chi connectivity index (χ1n) is 9.42. The molecule has 1 aliphatic rings. The number of pyridine rings is 2. The number of benzene rings is 1. The van der Waals surface area contributed by atoms with E-state index in [2.05, 4.69) is 10.3 Å². The number of furan rings is 1. The zero-order chi connectivity index (χ0) is 20.9. The van der Waals surface area contributed by atoms with Crippen molar-refractivity contribution in [2.45, 2.75) is 19.1 Å². The molecule has 4 aromatic rings. The van der Waals surface area contributed by atoms with Crippen molar-refractivity contribution in [1.82, 2.24) is 14.9 Å². The van der Waals surface area contributed by atoms with Gasteiger partial charge in [-0.25, -0.2) is 0 Å². The molecule has 0 spiro atoms. The van der Waals surface area contributed by atoms with Crippen LogP contribution in [0, 0.1) is 0 Å². The first-order chi connectivity index (χ1) is 14.4. The molecule has 3 aromatic heterocycles. The SMILES string of the molecule is O=c1cc(-c2ccc(C(F)(F)F)cn2)ccn1-c1ccc2c3c(oc2c1)CCNC3. The van der Waals surface area contributed by atoms with Crippen molar-refractivity contribution in [2.24, 2.45) is 0 Å². The number of rotatable bonds is 2. The van der Waals surface area contributed by atoms with Crippen molar-refractivity contribution in [2.75, 3.05) is 6.54 Å². The topological polar surface area (TPSA) is 60.1 Å². The van der Waals surface area contributed by atoms with Gasteiger partial charge in [0.15, 0.2) is 0 Å². The Labute approximate surface area is 168 Å². The number of halogens is 3. The summed E-state index contributed by atoms with van der Waals surface area (Å²) < 4.78 is 45.6. The quantitative estimate of drug-likeness (QED) is 0.534. The predicted octanol–water partition coefficient (Wildman–Crippen LogP) is 4.31. The lowest BCUT2D eigenvalue weighted by Crippen LogP contribution is -2.22. The van der Waals surface area contributed by atoms with E-state index in [9.17, 15) is 18.0 Å². The number of aromatic nitrogens is 2. The van der Waals surface area contributed by atoms with Gasteiger partial charge in [0.2, 0.25) is 0 Å². The van der Waals surface area contributed by atoms with Gasteiger partial charge in [-0.2, -0.15) is 13.2 Å². The van der Waals surface area contributed by atoms with Gasteiger partial charge < -0.3 is 9.73 Å². The highest BCUT2D eigenvalue weighted by Crippen LogP contribution is 2.31. The molecule has 1 aliphatic heterocycles. The minimum atomic E-state index is -4.45. The molecule has 0 fully saturated rings. The predicted molar refractivity (Wildman–Crippen MR) is 105 cm³/mol. The van der Waals surface area contributed by atoms with Crippen LogP contribution in [0.3, 0.4) is 0 Å². The fraction of sp³-hybridized carbons (Fsp3) is 0.182. The smallest absolute Gasteiger partial charge is 0.417 e. The van der Waals surface area contributed by atoms with Gasteiger partial charge in [-0.1, -0.05) is 0 Å². The Bertz CT molecular complexity index is 1300. The molecule has 0 aliphatic carbocycles. The van der Waals surface area contributed by atoms with E-state index in [-0.39, 0.29) is 5.56 Å². The van der Waals surface area contributed by atoms with Crippen molar-refractivity contribution in [1.29, 1.82) is 0 Å². The first-order valence-corrected chi connectivity index (χ1v) is 9.42. The monoisotopic (exact) mass is 411 g/mol. The van der Waals surface area contributed by atoms with Crippen molar-refractivity contribution in [3.05, 3.63) is 82.1 Å². The number of hydrogen-bond acceptors (Lipinski definition) is 4. The molecule has 1 aromatic carbocycles. The van der Waals surface area contributed by atoms with Gasteiger partial charge in [0, 0.05) is 60.5 Å². The van der Waals surface area contributed by atoms with Crippen LogP contribution in [0.5, 0.6) is 0 Å². The van der Waals surface area contributed by atoms with Crippen LogP contribution in [0.15, 0.2) is 64.1 Å². The molecule has 152 valence electrons. The second kappa shape index (κ2) is 6.84. The Morgan fingerprint density at radius 3 is 2.70 bits per heavy atom. The molecule has 0 saturated heterocycles. The summed E-state index contributed by atoms with van der Waals surface area (Å²) in [6.07, 6.45) is -1.27. The highest BCUT2D eigenvalue weighted by molar-refractivity contribution is 5.84. The summed E-state index contributed by atoms with van der Waals surface area (Å²) in [6.45, 7) is 1.63. The van der Waals surface area contributed by atoms with Gasteiger partial charge in [0.25, 0.3) is 5.56 Å². The average Bonchev–Trinajstić information content (AvgIpc) is 3.11. The fourth-order valence-electron chi connectivity index (χ4n) is 3.73. The third-order valence-electron chi connectivity index (χ3n) is 5.27. The van der Waals surface area contributed by atoms with Crippen molar-refractivity contribution >= 4 is 11.0 Å². The van der Waals surface area contributed by atoms with E-state index in [1.807, 2.05) is 18.2 Å². The molecule has 1 N–H and O–H groups in total. The van der Waals surface area contributed by atoms with Crippen LogP contribution >= 0.6 is 0 Å². The van der Waals surface area contributed by atoms with E-state index in [4.69, 9.17) is 4.42 Å². The largest absolute Gasteiger partial charge is 0.461 e. The average molecular weight is 411 g/mol. The molecule has 0 amide bonds. The lowest BCUT2D eigenvalue weighted by molar-refractivity contribution is -0.137. The zero-order valence-electron chi connectivity index (χ0n) is 15.7. The van der Waals surface area contributed by atoms with Crippen molar-refractivity contribution in [3.8, 4) is 16.9 Å². The summed E-state index contributed by atoms with van der Waals surface area (Å²) in [4.78, 5) is 16.5. The van der Waals surface area contributed by atoms with E-state index in [0.29, 0.717) is 16.9 Å². The lowest BCUT2D eigenvalue weighted by Gasteiger charge is -2.10. The maximum atomic E-state index is 12.7. The Balaban J connectivity index is 1.50. The van der Waals surface area contributed by atoms with Crippen LogP contribution in [0.25, 0.3) is 27.9 Å². The highest BCUT2D eigenvalue weighted by Gasteiger charge is 2.30. The Kier molecular flexibility index (Phi) is 4.25. The Morgan fingerprint density at radius 1 is 1.10 bits per heavy atom. The molecule has 4 heterocycles. The molecular weight excluding hydrogens is 395 g/mol. The van der Waals surface area contributed by atoms with Gasteiger partial charge in [-0.3, -0.25) is 14.3 Å². The first kappa shape index (κ1) is 18.6. The number of alkyl halides is 3. The molecule has 0 unspecified atom stereocenters.